The number of hydrogen-bond acceptors (Lipinski definition) is 1. The van der Waals surface area contributed by atoms with Gasteiger partial charge in [0.05, 0.1) is 6.61 Å². The highest BCUT2D eigenvalue weighted by Crippen LogP contribution is 2.15. The minimum atomic E-state index is 0.745. The van der Waals surface area contributed by atoms with Gasteiger partial charge in [-0.2, -0.15) is 0 Å². The first kappa shape index (κ1) is 15.1. The van der Waals surface area contributed by atoms with Gasteiger partial charge in [0.2, 0.25) is 0 Å². The maximum Gasteiger partial charge on any atom is 0.119 e. The molecular formula is C17H28O. The Labute approximate surface area is 113 Å². The van der Waals surface area contributed by atoms with Crippen LogP contribution in [0.1, 0.15) is 58.4 Å². The Morgan fingerprint density at radius 2 is 1.61 bits per heavy atom. The molecule has 0 aliphatic carbocycles. The Morgan fingerprint density at radius 1 is 0.944 bits per heavy atom. The Kier molecular flexibility index (Phi) is 7.55. The zero-order valence-electron chi connectivity index (χ0n) is 12.2. The zero-order valence-corrected chi connectivity index (χ0v) is 12.2. The van der Waals surface area contributed by atoms with Crippen LogP contribution in [0.4, 0.5) is 0 Å². The van der Waals surface area contributed by atoms with E-state index in [4.69, 9.17) is 4.74 Å². The number of hydrogen-bond donors (Lipinski definition) is 0. The minimum Gasteiger partial charge on any atom is -0.494 e. The summed E-state index contributed by atoms with van der Waals surface area (Å²) in [5.74, 6) is 1.84. The van der Waals surface area contributed by atoms with Crippen LogP contribution in [0.15, 0.2) is 24.3 Å². The first-order valence-corrected chi connectivity index (χ1v) is 7.44. The molecule has 0 saturated carbocycles. The normalized spacial score (nSPS) is 10.9. The molecular weight excluding hydrogens is 220 g/mol. The molecule has 0 aromatic heterocycles. The van der Waals surface area contributed by atoms with E-state index < -0.39 is 0 Å². The third kappa shape index (κ3) is 6.68. The van der Waals surface area contributed by atoms with Crippen LogP contribution in [-0.4, -0.2) is 6.61 Å². The standard InChI is InChI=1S/C17H28O/c1-4-18-17-13-11-16(12-14-17)10-8-6-5-7-9-15(2)3/h11-15H,4-10H2,1-3H3. The van der Waals surface area contributed by atoms with Crippen molar-refractivity contribution >= 4 is 0 Å². The van der Waals surface area contributed by atoms with E-state index in [-0.39, 0.29) is 0 Å². The van der Waals surface area contributed by atoms with Gasteiger partial charge in [-0.25, -0.2) is 0 Å². The lowest BCUT2D eigenvalue weighted by molar-refractivity contribution is 0.340. The molecule has 1 rings (SSSR count). The quantitative estimate of drug-likeness (QED) is 0.543. The van der Waals surface area contributed by atoms with Crippen molar-refractivity contribution in [1.29, 1.82) is 0 Å². The second-order valence-corrected chi connectivity index (χ2v) is 5.42. The highest BCUT2D eigenvalue weighted by molar-refractivity contribution is 5.27. The van der Waals surface area contributed by atoms with Gasteiger partial charge in [0, 0.05) is 0 Å². The summed E-state index contributed by atoms with van der Waals surface area (Å²) in [6, 6.07) is 8.55. The molecule has 0 atom stereocenters. The Hall–Kier alpha value is -0.980. The fourth-order valence-electron chi connectivity index (χ4n) is 2.15. The van der Waals surface area contributed by atoms with Crippen LogP contribution < -0.4 is 4.74 Å². The van der Waals surface area contributed by atoms with Gasteiger partial charge in [-0.15, -0.1) is 0 Å². The van der Waals surface area contributed by atoms with Gasteiger partial charge in [-0.05, 0) is 43.4 Å². The lowest BCUT2D eigenvalue weighted by Crippen LogP contribution is -1.92. The Bertz CT molecular complexity index is 300. The number of ether oxygens (including phenoxy) is 1. The van der Waals surface area contributed by atoms with E-state index in [2.05, 4.69) is 38.1 Å². The third-order valence-corrected chi connectivity index (χ3v) is 3.23. The molecule has 1 heteroatoms. The minimum absolute atomic E-state index is 0.745. The molecule has 0 bridgehead atoms. The SMILES string of the molecule is CCOc1ccc(CCCCCCC(C)C)cc1. The summed E-state index contributed by atoms with van der Waals surface area (Å²) in [5.41, 5.74) is 1.43. The van der Waals surface area contributed by atoms with Crippen molar-refractivity contribution in [2.24, 2.45) is 5.92 Å². The molecule has 18 heavy (non-hydrogen) atoms. The summed E-state index contributed by atoms with van der Waals surface area (Å²) in [6.45, 7) is 7.38. The number of aryl methyl sites for hydroxylation is 1. The summed E-state index contributed by atoms with van der Waals surface area (Å²) in [5, 5.41) is 0. The van der Waals surface area contributed by atoms with E-state index in [1.165, 1.54) is 44.1 Å². The fourth-order valence-corrected chi connectivity index (χ4v) is 2.15. The summed E-state index contributed by atoms with van der Waals surface area (Å²) in [4.78, 5) is 0. The summed E-state index contributed by atoms with van der Waals surface area (Å²) < 4.78 is 5.44. The Balaban J connectivity index is 2.11. The van der Waals surface area contributed by atoms with Crippen LogP contribution >= 0.6 is 0 Å². The molecule has 0 saturated heterocycles. The predicted molar refractivity (Wildman–Crippen MR) is 79.2 cm³/mol. The van der Waals surface area contributed by atoms with Crippen molar-refractivity contribution in [2.75, 3.05) is 6.61 Å². The molecule has 1 nitrogen and oxygen atoms in total. The van der Waals surface area contributed by atoms with Crippen LogP contribution in [0, 0.1) is 5.92 Å². The summed E-state index contributed by atoms with van der Waals surface area (Å²) in [7, 11) is 0. The average molecular weight is 248 g/mol. The fraction of sp³-hybridized carbons (Fsp3) is 0.647. The molecule has 0 N–H and O–H groups in total. The van der Waals surface area contributed by atoms with E-state index in [0.717, 1.165) is 18.3 Å². The van der Waals surface area contributed by atoms with Crippen LogP contribution in [0.2, 0.25) is 0 Å². The van der Waals surface area contributed by atoms with Crippen LogP contribution in [0.25, 0.3) is 0 Å². The van der Waals surface area contributed by atoms with Crippen LogP contribution in [0.5, 0.6) is 5.75 Å². The molecule has 0 amide bonds. The van der Waals surface area contributed by atoms with Crippen molar-refractivity contribution in [3.63, 3.8) is 0 Å². The molecule has 0 aliphatic heterocycles. The highest BCUT2D eigenvalue weighted by Gasteiger charge is 1.97. The van der Waals surface area contributed by atoms with Gasteiger partial charge in [0.25, 0.3) is 0 Å². The van der Waals surface area contributed by atoms with Crippen molar-refractivity contribution in [1.82, 2.24) is 0 Å². The molecule has 102 valence electrons. The smallest absolute Gasteiger partial charge is 0.119 e. The van der Waals surface area contributed by atoms with Crippen LogP contribution in [0.3, 0.4) is 0 Å². The molecule has 0 spiro atoms. The molecule has 1 aromatic carbocycles. The van der Waals surface area contributed by atoms with E-state index in [0.29, 0.717) is 0 Å². The zero-order chi connectivity index (χ0) is 13.2. The molecule has 0 fully saturated rings. The van der Waals surface area contributed by atoms with E-state index in [9.17, 15) is 0 Å². The molecule has 0 unspecified atom stereocenters. The van der Waals surface area contributed by atoms with Gasteiger partial charge in [-0.3, -0.25) is 0 Å². The lowest BCUT2D eigenvalue weighted by atomic mass is 10.0. The van der Waals surface area contributed by atoms with E-state index >= 15 is 0 Å². The van der Waals surface area contributed by atoms with Gasteiger partial charge >= 0.3 is 0 Å². The van der Waals surface area contributed by atoms with Crippen molar-refractivity contribution in [3.8, 4) is 5.75 Å². The van der Waals surface area contributed by atoms with E-state index in [1.807, 2.05) is 6.92 Å². The second-order valence-electron chi connectivity index (χ2n) is 5.42. The van der Waals surface area contributed by atoms with Crippen molar-refractivity contribution in [2.45, 2.75) is 59.3 Å². The van der Waals surface area contributed by atoms with Gasteiger partial charge in [0.1, 0.15) is 5.75 Å². The topological polar surface area (TPSA) is 9.23 Å². The monoisotopic (exact) mass is 248 g/mol. The maximum atomic E-state index is 5.44. The number of unbranched alkanes of at least 4 members (excludes halogenated alkanes) is 3. The number of benzene rings is 1. The highest BCUT2D eigenvalue weighted by atomic mass is 16.5. The second kappa shape index (κ2) is 9.02. The van der Waals surface area contributed by atoms with E-state index in [1.54, 1.807) is 0 Å². The van der Waals surface area contributed by atoms with Crippen molar-refractivity contribution < 1.29 is 4.74 Å². The van der Waals surface area contributed by atoms with Crippen molar-refractivity contribution in [3.05, 3.63) is 29.8 Å². The maximum absolute atomic E-state index is 5.44. The summed E-state index contributed by atoms with van der Waals surface area (Å²) in [6.07, 6.45) is 8.03. The molecule has 1 aromatic rings. The molecule has 0 radical (unpaired) electrons. The predicted octanol–water partition coefficient (Wildman–Crippen LogP) is 5.23. The summed E-state index contributed by atoms with van der Waals surface area (Å²) >= 11 is 0. The molecule has 0 aliphatic rings. The average Bonchev–Trinajstić information content (AvgIpc) is 2.35. The third-order valence-electron chi connectivity index (χ3n) is 3.23. The largest absolute Gasteiger partial charge is 0.494 e. The first-order chi connectivity index (χ1) is 8.72. The Morgan fingerprint density at radius 3 is 2.22 bits per heavy atom. The van der Waals surface area contributed by atoms with Gasteiger partial charge in [0.15, 0.2) is 0 Å². The first-order valence-electron chi connectivity index (χ1n) is 7.44. The number of rotatable bonds is 9. The van der Waals surface area contributed by atoms with Gasteiger partial charge in [-0.1, -0.05) is 51.7 Å². The lowest BCUT2D eigenvalue weighted by Gasteiger charge is -2.06. The molecule has 0 heterocycles. The van der Waals surface area contributed by atoms with Crippen LogP contribution in [-0.2, 0) is 6.42 Å². The van der Waals surface area contributed by atoms with Gasteiger partial charge < -0.3 is 4.74 Å².